The van der Waals surface area contributed by atoms with Crippen LogP contribution in [-0.2, 0) is 58.9 Å². The minimum absolute atomic E-state index is 0.0648. The summed E-state index contributed by atoms with van der Waals surface area (Å²) in [5, 5.41) is 10.0. The molecule has 0 radical (unpaired) electrons. The summed E-state index contributed by atoms with van der Waals surface area (Å²) in [6.07, 6.45) is 7.80. The van der Waals surface area contributed by atoms with Crippen LogP contribution in [0.15, 0.2) is 136 Å². The fourth-order valence-electron chi connectivity index (χ4n) is 8.93. The highest BCUT2D eigenvalue weighted by Crippen LogP contribution is 2.39. The lowest BCUT2D eigenvalue weighted by molar-refractivity contribution is -0.170. The first-order chi connectivity index (χ1) is 38.7. The number of allylic oxidation sites excluding steroid dienone is 1. The Morgan fingerprint density at radius 1 is 0.600 bits per heavy atom. The van der Waals surface area contributed by atoms with Crippen LogP contribution < -0.4 is 23.7 Å². The Kier molecular flexibility index (Phi) is 21.4. The lowest BCUT2D eigenvalue weighted by atomic mass is 9.82. The molecule has 80 heavy (non-hydrogen) atoms. The molecule has 416 valence electrons. The third-order valence-electron chi connectivity index (χ3n) is 13.3. The van der Waals surface area contributed by atoms with Gasteiger partial charge in [0.05, 0.1) is 46.6 Å². The van der Waals surface area contributed by atoms with Crippen molar-refractivity contribution in [3.63, 3.8) is 0 Å². The van der Waals surface area contributed by atoms with Gasteiger partial charge in [-0.15, -0.1) is 17.9 Å². The second-order valence-corrected chi connectivity index (χ2v) is 19.8. The van der Waals surface area contributed by atoms with Crippen LogP contribution in [0.25, 0.3) is 20.8 Å². The van der Waals surface area contributed by atoms with E-state index in [0.29, 0.717) is 98.2 Å². The molecule has 19 heteroatoms. The fourth-order valence-corrected chi connectivity index (χ4v) is 10.1. The zero-order chi connectivity index (χ0) is 57.0. The SMILES string of the molecule is C=CCCC(COc1ccc(OC(=O)C2CCC(C(=O)Oc3ccc(CCOC(=O)C4CCC(C(=O)Oc5ccc(O[C@@H](COC(=O)C=C)OC(=O)C=C)cc5)CC4)c4sc(-c5ccc(C#N)cc5)nc34)CC2)cc1)OC(=O)C=C. The van der Waals surface area contributed by atoms with Crippen LogP contribution in [-0.4, -0.2) is 79.0 Å². The molecule has 1 aromatic heterocycles. The van der Waals surface area contributed by atoms with Crippen LogP contribution >= 0.6 is 11.3 Å². The molecule has 2 atom stereocenters. The third-order valence-corrected chi connectivity index (χ3v) is 14.5. The number of nitriles is 1. The number of nitrogens with zero attached hydrogens (tertiary/aromatic N) is 2. The molecule has 0 aliphatic heterocycles. The first kappa shape index (κ1) is 58.8. The topological polar surface area (TPSA) is 239 Å². The number of rotatable bonds is 26. The van der Waals surface area contributed by atoms with Crippen LogP contribution in [0.1, 0.15) is 75.3 Å². The Morgan fingerprint density at radius 2 is 1.12 bits per heavy atom. The van der Waals surface area contributed by atoms with Gasteiger partial charge in [-0.25, -0.2) is 19.4 Å². The van der Waals surface area contributed by atoms with Crippen molar-refractivity contribution in [1.82, 2.24) is 4.98 Å². The minimum Gasteiger partial charge on any atom is -0.490 e. The number of hydrogen-bond donors (Lipinski definition) is 0. The summed E-state index contributed by atoms with van der Waals surface area (Å²) in [4.78, 5) is 93.4. The Hall–Kier alpha value is -8.89. The Balaban J connectivity index is 0.890. The normalized spacial score (nSPS) is 17.3. The highest BCUT2D eigenvalue weighted by Gasteiger charge is 2.34. The lowest BCUT2D eigenvalue weighted by Crippen LogP contribution is -2.30. The van der Waals surface area contributed by atoms with Gasteiger partial charge >= 0.3 is 41.8 Å². The van der Waals surface area contributed by atoms with Gasteiger partial charge in [0.1, 0.15) is 46.2 Å². The molecule has 0 saturated heterocycles. The van der Waals surface area contributed by atoms with Crippen LogP contribution in [0.3, 0.4) is 0 Å². The Bertz CT molecular complexity index is 3090. The van der Waals surface area contributed by atoms with E-state index in [0.717, 1.165) is 34.1 Å². The van der Waals surface area contributed by atoms with Gasteiger partial charge in [-0.05, 0) is 137 Å². The predicted molar refractivity (Wildman–Crippen MR) is 292 cm³/mol. The van der Waals surface area contributed by atoms with Crippen molar-refractivity contribution in [3.8, 4) is 45.4 Å². The van der Waals surface area contributed by atoms with E-state index in [9.17, 15) is 38.8 Å². The molecular weight excluding hydrogens is 1050 g/mol. The Morgan fingerprint density at radius 3 is 1.68 bits per heavy atom. The van der Waals surface area contributed by atoms with E-state index in [1.807, 2.05) is 6.07 Å². The largest absolute Gasteiger partial charge is 0.490 e. The third kappa shape index (κ3) is 16.8. The van der Waals surface area contributed by atoms with E-state index in [2.05, 4.69) is 32.4 Å². The molecule has 0 amide bonds. The molecule has 0 N–H and O–H groups in total. The van der Waals surface area contributed by atoms with E-state index in [-0.39, 0.29) is 36.4 Å². The number of carbonyl (C=O) groups excluding carboxylic acids is 7. The van der Waals surface area contributed by atoms with Crippen molar-refractivity contribution < 1.29 is 76.2 Å². The van der Waals surface area contributed by atoms with Crippen LogP contribution in [0, 0.1) is 35.0 Å². The van der Waals surface area contributed by atoms with Crippen LogP contribution in [0.5, 0.6) is 28.7 Å². The highest BCUT2D eigenvalue weighted by molar-refractivity contribution is 7.21. The van der Waals surface area contributed by atoms with E-state index in [1.54, 1.807) is 60.7 Å². The zero-order valence-electron chi connectivity index (χ0n) is 43.9. The average Bonchev–Trinajstić information content (AvgIpc) is 3.97. The molecule has 2 fully saturated rings. The second kappa shape index (κ2) is 29.2. The summed E-state index contributed by atoms with van der Waals surface area (Å²) in [7, 11) is 0. The standard InChI is InChI=1S/C61H60N2O16S/c1-5-9-10-49(74-52(65)7-3)36-72-45-24-26-47(27-25-45)76-60(69)43-19-21-44(22-20-43)61(70)78-50-32-23-39(56-55(50)63-57(80-56)40-13-11-38(35-62)12-14-40)33-34-71-58(67)41-15-17-42(18-16-41)59(68)77-48-30-28-46(29-31-48)75-54(79-53(66)8-4)37-73-51(64)6-2/h5-8,11-14,23-32,41-44,49,54H,1-4,9-10,15-22,33-34,36-37H2/t41?,42?,43?,44?,49?,54-/m1/s1. The van der Waals surface area contributed by atoms with Gasteiger partial charge in [0.15, 0.2) is 12.4 Å². The molecule has 0 bridgehead atoms. The first-order valence-electron chi connectivity index (χ1n) is 26.1. The lowest BCUT2D eigenvalue weighted by Gasteiger charge is -2.26. The second-order valence-electron chi connectivity index (χ2n) is 18.8. The molecule has 2 aliphatic rings. The maximum atomic E-state index is 13.8. The molecule has 1 unspecified atom stereocenters. The summed E-state index contributed by atoms with van der Waals surface area (Å²) >= 11 is 1.39. The summed E-state index contributed by atoms with van der Waals surface area (Å²) < 4.78 is 50.8. The van der Waals surface area contributed by atoms with Gasteiger partial charge < -0.3 is 42.6 Å². The molecule has 5 aromatic rings. The number of hydrogen-bond acceptors (Lipinski definition) is 19. The molecule has 18 nitrogen and oxygen atoms in total. The zero-order valence-corrected chi connectivity index (χ0v) is 44.7. The van der Waals surface area contributed by atoms with Gasteiger partial charge in [0, 0.05) is 30.2 Å². The predicted octanol–water partition coefficient (Wildman–Crippen LogP) is 10.3. The van der Waals surface area contributed by atoms with Crippen molar-refractivity contribution in [3.05, 3.63) is 147 Å². The Labute approximate surface area is 466 Å². The van der Waals surface area contributed by atoms with Crippen LogP contribution in [0.4, 0.5) is 0 Å². The van der Waals surface area contributed by atoms with Crippen molar-refractivity contribution >= 4 is 63.3 Å². The van der Waals surface area contributed by atoms with E-state index in [1.165, 1.54) is 35.6 Å². The maximum Gasteiger partial charge on any atom is 0.333 e. The van der Waals surface area contributed by atoms with Gasteiger partial charge in [-0.3, -0.25) is 19.2 Å². The van der Waals surface area contributed by atoms with Crippen molar-refractivity contribution in [1.29, 1.82) is 5.26 Å². The monoisotopic (exact) mass is 1110 g/mol. The number of thiazole rings is 1. The smallest absolute Gasteiger partial charge is 0.333 e. The first-order valence-corrected chi connectivity index (χ1v) is 26.9. The van der Waals surface area contributed by atoms with E-state index < -0.39 is 78.5 Å². The maximum absolute atomic E-state index is 13.8. The summed E-state index contributed by atoms with van der Waals surface area (Å²) in [6, 6.07) is 25.2. The molecule has 7 rings (SSSR count). The number of esters is 7. The van der Waals surface area contributed by atoms with Crippen molar-refractivity contribution in [2.24, 2.45) is 23.7 Å². The quantitative estimate of drug-likeness (QED) is 0.0125. The molecule has 2 aliphatic carbocycles. The molecular formula is C61H60N2O16S. The highest BCUT2D eigenvalue weighted by atomic mass is 32.1. The number of ether oxygens (including phenoxy) is 9. The van der Waals surface area contributed by atoms with Crippen molar-refractivity contribution in [2.45, 2.75) is 83.0 Å². The number of aromatic nitrogens is 1. The average molecular weight is 1110 g/mol. The summed E-state index contributed by atoms with van der Waals surface area (Å²) in [5.74, 6) is -3.86. The summed E-state index contributed by atoms with van der Waals surface area (Å²) in [5.41, 5.74) is 2.53. The minimum atomic E-state index is -1.28. The van der Waals surface area contributed by atoms with Crippen LogP contribution in [0.2, 0.25) is 0 Å². The van der Waals surface area contributed by atoms with Crippen molar-refractivity contribution in [2.75, 3.05) is 19.8 Å². The van der Waals surface area contributed by atoms with E-state index >= 15 is 0 Å². The molecule has 0 spiro atoms. The molecule has 1 heterocycles. The van der Waals surface area contributed by atoms with Gasteiger partial charge in [0.2, 0.25) is 0 Å². The van der Waals surface area contributed by atoms with Gasteiger partial charge in [-0.2, -0.15) is 5.26 Å². The van der Waals surface area contributed by atoms with Gasteiger partial charge in [-0.1, -0.05) is 44.0 Å². The number of carbonyl (C=O) groups is 7. The molecule has 2 saturated carbocycles. The fraction of sp³-hybridized carbons (Fsp3) is 0.328. The van der Waals surface area contributed by atoms with E-state index in [4.69, 9.17) is 47.6 Å². The number of benzene rings is 4. The molecule has 4 aromatic carbocycles. The summed E-state index contributed by atoms with van der Waals surface area (Å²) in [6.45, 7) is 13.6. The van der Waals surface area contributed by atoms with Gasteiger partial charge in [0.25, 0.3) is 6.29 Å². The number of fused-ring (bicyclic) bond motifs is 1.